The number of carbonyl (C=O) groups excluding carboxylic acids is 1. The fourth-order valence-corrected chi connectivity index (χ4v) is 4.99. The Balaban J connectivity index is 1.54. The summed E-state index contributed by atoms with van der Waals surface area (Å²) >= 11 is 0. The maximum atomic E-state index is 13.1. The maximum absolute atomic E-state index is 13.1. The Morgan fingerprint density at radius 2 is 1.90 bits per heavy atom. The summed E-state index contributed by atoms with van der Waals surface area (Å²) in [5.41, 5.74) is 3.71. The number of nitrogens with one attached hydrogen (secondary N) is 1. The maximum Gasteiger partial charge on any atom is 0.264 e. The Hall–Kier alpha value is -3.39. The zero-order chi connectivity index (χ0) is 22.0. The highest BCUT2D eigenvalue weighted by Gasteiger charge is 2.30. The van der Waals surface area contributed by atoms with Gasteiger partial charge in [-0.25, -0.2) is 8.42 Å². The van der Waals surface area contributed by atoms with E-state index in [1.54, 1.807) is 50.3 Å². The fraction of sp³-hybridized carbons (Fsp3) is 0.217. The second-order valence-electron chi connectivity index (χ2n) is 7.27. The quantitative estimate of drug-likeness (QED) is 0.622. The van der Waals surface area contributed by atoms with E-state index in [9.17, 15) is 13.2 Å². The van der Waals surface area contributed by atoms with Crippen molar-refractivity contribution in [2.75, 3.05) is 16.2 Å². The Morgan fingerprint density at radius 1 is 1.16 bits per heavy atom. The minimum atomic E-state index is -3.62. The molecule has 0 fully saturated rings. The molecule has 0 aliphatic carbocycles. The predicted octanol–water partition coefficient (Wildman–Crippen LogP) is 4.25. The molecule has 0 saturated carbocycles. The molecule has 0 atom stereocenters. The third-order valence-corrected chi connectivity index (χ3v) is 7.04. The van der Waals surface area contributed by atoms with Gasteiger partial charge in [0.1, 0.15) is 11.4 Å². The van der Waals surface area contributed by atoms with E-state index < -0.39 is 10.0 Å². The summed E-state index contributed by atoms with van der Waals surface area (Å²) in [6.45, 7) is 3.97. The summed E-state index contributed by atoms with van der Waals surface area (Å²) in [5, 5.41) is 6.68. The monoisotopic (exact) mass is 437 g/mol. The van der Waals surface area contributed by atoms with Gasteiger partial charge < -0.3 is 9.84 Å². The summed E-state index contributed by atoms with van der Waals surface area (Å²) in [6.07, 6.45) is 4.55. The van der Waals surface area contributed by atoms with Gasteiger partial charge in [-0.05, 0) is 48.7 Å². The van der Waals surface area contributed by atoms with Crippen molar-refractivity contribution in [2.45, 2.75) is 31.6 Å². The minimum absolute atomic E-state index is 0.126. The lowest BCUT2D eigenvalue weighted by molar-refractivity contribution is -0.115. The van der Waals surface area contributed by atoms with Crippen molar-refractivity contribution in [2.24, 2.45) is 0 Å². The van der Waals surface area contributed by atoms with Crippen LogP contribution in [0.15, 0.2) is 57.9 Å². The molecule has 1 aromatic heterocycles. The molecule has 1 N–H and O–H groups in total. The number of benzene rings is 2. The van der Waals surface area contributed by atoms with Crippen LogP contribution in [0.5, 0.6) is 0 Å². The van der Waals surface area contributed by atoms with E-state index in [4.69, 9.17) is 4.52 Å². The van der Waals surface area contributed by atoms with Crippen molar-refractivity contribution in [3.05, 3.63) is 71.1 Å². The van der Waals surface area contributed by atoms with Crippen LogP contribution in [0.4, 0.5) is 11.4 Å². The first-order valence-corrected chi connectivity index (χ1v) is 11.5. The SMILES string of the molecule is CCC(=O)Nc1c(C)noc1/C=C\c1ccc(S(=O)(=O)N2CCc3ccccc32)cc1. The highest BCUT2D eigenvalue weighted by Crippen LogP contribution is 2.32. The molecule has 0 unspecified atom stereocenters. The van der Waals surface area contributed by atoms with Crippen molar-refractivity contribution >= 4 is 39.5 Å². The first kappa shape index (κ1) is 20.9. The van der Waals surface area contributed by atoms with Gasteiger partial charge in [0.25, 0.3) is 10.0 Å². The van der Waals surface area contributed by atoms with Gasteiger partial charge in [0.15, 0.2) is 5.76 Å². The van der Waals surface area contributed by atoms with E-state index in [2.05, 4.69) is 10.5 Å². The van der Waals surface area contributed by atoms with Gasteiger partial charge >= 0.3 is 0 Å². The van der Waals surface area contributed by atoms with Gasteiger partial charge in [-0.15, -0.1) is 0 Å². The van der Waals surface area contributed by atoms with E-state index >= 15 is 0 Å². The first-order chi connectivity index (χ1) is 14.9. The highest BCUT2D eigenvalue weighted by molar-refractivity contribution is 7.92. The molecule has 3 aromatic rings. The van der Waals surface area contributed by atoms with Crippen LogP contribution in [0, 0.1) is 6.92 Å². The molecule has 0 radical (unpaired) electrons. The largest absolute Gasteiger partial charge is 0.354 e. The second kappa shape index (κ2) is 8.39. The number of aromatic nitrogens is 1. The van der Waals surface area contributed by atoms with E-state index in [1.807, 2.05) is 24.3 Å². The summed E-state index contributed by atoms with van der Waals surface area (Å²) in [7, 11) is -3.62. The zero-order valence-corrected chi connectivity index (χ0v) is 18.1. The molecule has 31 heavy (non-hydrogen) atoms. The van der Waals surface area contributed by atoms with E-state index in [0.717, 1.165) is 16.8 Å². The summed E-state index contributed by atoms with van der Waals surface area (Å²) < 4.78 is 33.0. The van der Waals surface area contributed by atoms with Crippen LogP contribution in [0.3, 0.4) is 0 Å². The number of amides is 1. The first-order valence-electron chi connectivity index (χ1n) is 10.0. The van der Waals surface area contributed by atoms with Gasteiger partial charge in [0, 0.05) is 13.0 Å². The number of sulfonamides is 1. The van der Waals surface area contributed by atoms with Crippen molar-refractivity contribution < 1.29 is 17.7 Å². The van der Waals surface area contributed by atoms with Gasteiger partial charge in [-0.1, -0.05) is 48.5 Å². The van der Waals surface area contributed by atoms with E-state index in [1.165, 1.54) is 4.31 Å². The number of rotatable bonds is 6. The third kappa shape index (κ3) is 4.11. The Bertz CT molecular complexity index is 1240. The molecule has 0 bridgehead atoms. The summed E-state index contributed by atoms with van der Waals surface area (Å²) in [4.78, 5) is 12.0. The van der Waals surface area contributed by atoms with Crippen LogP contribution >= 0.6 is 0 Å². The number of hydrogen-bond donors (Lipinski definition) is 1. The number of hydrogen-bond acceptors (Lipinski definition) is 5. The molecule has 1 amide bonds. The Labute approximate surface area is 181 Å². The predicted molar refractivity (Wildman–Crippen MR) is 120 cm³/mol. The lowest BCUT2D eigenvalue weighted by Crippen LogP contribution is -2.29. The van der Waals surface area contributed by atoms with Crippen molar-refractivity contribution in [1.82, 2.24) is 5.16 Å². The molecule has 0 spiro atoms. The number of nitrogens with zero attached hydrogens (tertiary/aromatic N) is 2. The number of fused-ring (bicyclic) bond motifs is 1. The second-order valence-corrected chi connectivity index (χ2v) is 9.13. The van der Waals surface area contributed by atoms with E-state index in [-0.39, 0.29) is 10.8 Å². The molecule has 1 aliphatic rings. The number of para-hydroxylation sites is 1. The van der Waals surface area contributed by atoms with Crippen molar-refractivity contribution in [3.63, 3.8) is 0 Å². The minimum Gasteiger partial charge on any atom is -0.354 e. The molecule has 8 heteroatoms. The van der Waals surface area contributed by atoms with Crippen LogP contribution in [-0.4, -0.2) is 26.0 Å². The topological polar surface area (TPSA) is 92.5 Å². The Kier molecular flexibility index (Phi) is 5.65. The van der Waals surface area contributed by atoms with Crippen molar-refractivity contribution in [1.29, 1.82) is 0 Å². The molecule has 0 saturated heterocycles. The normalized spacial score (nSPS) is 13.5. The molecular weight excluding hydrogens is 414 g/mol. The lowest BCUT2D eigenvalue weighted by atomic mass is 10.2. The van der Waals surface area contributed by atoms with Crippen LogP contribution in [0.25, 0.3) is 12.2 Å². The standard InChI is InChI=1S/C23H23N3O4S/c1-3-22(27)24-23-16(2)25-30-21(23)13-10-17-8-11-19(12-9-17)31(28,29)26-15-14-18-6-4-5-7-20(18)26/h4-13H,3,14-15H2,1-2H3,(H,24,27)/b13-10-. The zero-order valence-electron chi connectivity index (χ0n) is 17.3. The van der Waals surface area contributed by atoms with Crippen LogP contribution in [-0.2, 0) is 21.2 Å². The number of aryl methyl sites for hydroxylation is 1. The number of anilines is 2. The van der Waals surface area contributed by atoms with Gasteiger partial charge in [0.05, 0.1) is 10.6 Å². The molecule has 2 heterocycles. The lowest BCUT2D eigenvalue weighted by Gasteiger charge is -2.19. The van der Waals surface area contributed by atoms with Crippen LogP contribution in [0.1, 0.15) is 35.9 Å². The fourth-order valence-electron chi connectivity index (χ4n) is 3.49. The van der Waals surface area contributed by atoms with Crippen LogP contribution in [0.2, 0.25) is 0 Å². The molecule has 1 aliphatic heterocycles. The summed E-state index contributed by atoms with van der Waals surface area (Å²) in [6, 6.07) is 14.2. The van der Waals surface area contributed by atoms with Gasteiger partial charge in [-0.2, -0.15) is 0 Å². The molecule has 7 nitrogen and oxygen atoms in total. The third-order valence-electron chi connectivity index (χ3n) is 5.21. The van der Waals surface area contributed by atoms with Gasteiger partial charge in [0.2, 0.25) is 5.91 Å². The summed E-state index contributed by atoms with van der Waals surface area (Å²) in [5.74, 6) is 0.309. The average Bonchev–Trinajstić information content (AvgIpc) is 3.37. The smallest absolute Gasteiger partial charge is 0.264 e. The average molecular weight is 438 g/mol. The molecule has 2 aromatic carbocycles. The highest BCUT2D eigenvalue weighted by atomic mass is 32.2. The van der Waals surface area contributed by atoms with Crippen LogP contribution < -0.4 is 9.62 Å². The van der Waals surface area contributed by atoms with Gasteiger partial charge in [-0.3, -0.25) is 9.10 Å². The molecule has 4 rings (SSSR count). The molecular formula is C23H23N3O4S. The molecule has 160 valence electrons. The van der Waals surface area contributed by atoms with Crippen molar-refractivity contribution in [3.8, 4) is 0 Å². The number of carbonyl (C=O) groups is 1. The van der Waals surface area contributed by atoms with E-state index in [0.29, 0.717) is 36.5 Å². The Morgan fingerprint density at radius 3 is 2.65 bits per heavy atom.